The van der Waals surface area contributed by atoms with Gasteiger partial charge in [-0.25, -0.2) is 0 Å². The second-order valence-corrected chi connectivity index (χ2v) is 24.5. The Bertz CT molecular complexity index is 1230. The van der Waals surface area contributed by atoms with Gasteiger partial charge < -0.3 is 0 Å². The number of aromatic nitrogens is 4. The van der Waals surface area contributed by atoms with Crippen molar-refractivity contribution >= 4 is 47.3 Å². The minimum atomic E-state index is -2.01. The van der Waals surface area contributed by atoms with Gasteiger partial charge in [0.25, 0.3) is 0 Å². The van der Waals surface area contributed by atoms with E-state index in [1.165, 1.54) is 10.4 Å². The maximum absolute atomic E-state index is 7.22. The van der Waals surface area contributed by atoms with Crippen LogP contribution in [0.5, 0.6) is 0 Å². The average Bonchev–Trinajstić information content (AvgIpc) is 3.01. The number of hydrogen-bond acceptors (Lipinski definition) is 6. The molecule has 11 heteroatoms. The third-order valence-corrected chi connectivity index (χ3v) is 23.3. The molecule has 4 aromatic rings. The first-order valence-corrected chi connectivity index (χ1v) is 22.3. The molecule has 4 heterocycles. The predicted octanol–water partition coefficient (Wildman–Crippen LogP) is 7.59. The number of halogens is 2. The number of nitrogens with zero attached hydrogens (tertiary/aromatic N) is 4. The number of hydrogen-bond donors (Lipinski definition) is 2. The van der Waals surface area contributed by atoms with Crippen LogP contribution in [0.2, 0.25) is 22.2 Å². The number of rotatable bonds is 8. The molecule has 0 aliphatic rings. The summed E-state index contributed by atoms with van der Waals surface area (Å²) in [5.41, 5.74) is 5.51. The van der Waals surface area contributed by atoms with Crippen molar-refractivity contribution in [2.75, 3.05) is 0 Å². The van der Waals surface area contributed by atoms with Crippen molar-refractivity contribution in [1.29, 1.82) is 0 Å². The van der Waals surface area contributed by atoms with E-state index in [1.807, 2.05) is 60.9 Å². The van der Waals surface area contributed by atoms with Gasteiger partial charge in [0, 0.05) is 24.8 Å². The van der Waals surface area contributed by atoms with Crippen LogP contribution in [-0.2, 0) is 17.8 Å². The molecule has 0 bridgehead atoms. The molecule has 0 radical (unpaired) electrons. The molecule has 0 aliphatic heterocycles. The van der Waals surface area contributed by atoms with Crippen molar-refractivity contribution in [2.45, 2.75) is 77.6 Å². The standard InChI is InChI=1S/2C16H21ClN2Si.2H2O.Ru/c2*1-12(2)20(17,13(3)4)14-8-9-16(19-11-14)15-7-5-6-10-18-15;;;/h2*5-13H,1-4H3;2*1H2;/q;;;;+2/p-2. The SMILES string of the molecule is CC(C)[Si](Cl)(c1ccc(-c2ccccn2)nc1)C(C)C.CC(C)[Si](Cl)(c1ccc(-c2ccccn2)nc1)C(C)C.[OH][Ru][OH]. The molecule has 0 aromatic carbocycles. The summed E-state index contributed by atoms with van der Waals surface area (Å²) < 4.78 is 14.4. The average molecular weight is 745 g/mol. The van der Waals surface area contributed by atoms with Gasteiger partial charge in [-0.2, -0.15) is 22.2 Å². The molecule has 2 N–H and O–H groups in total. The summed E-state index contributed by atoms with van der Waals surface area (Å²) in [6.07, 6.45) is 7.47. The Hall–Kier alpha value is -1.84. The van der Waals surface area contributed by atoms with E-state index in [0.29, 0.717) is 22.2 Å². The summed E-state index contributed by atoms with van der Waals surface area (Å²) in [7, 11) is -4.03. The molecule has 6 nitrogen and oxygen atoms in total. The van der Waals surface area contributed by atoms with Crippen LogP contribution in [0.15, 0.2) is 85.5 Å². The summed E-state index contributed by atoms with van der Waals surface area (Å²) in [5, 5.41) is 2.42. The molecule has 43 heavy (non-hydrogen) atoms. The Balaban J connectivity index is 0.000000275. The van der Waals surface area contributed by atoms with Gasteiger partial charge in [-0.3, -0.25) is 19.9 Å². The van der Waals surface area contributed by atoms with Crippen LogP contribution in [0.25, 0.3) is 22.8 Å². The van der Waals surface area contributed by atoms with E-state index >= 15 is 0 Å². The summed E-state index contributed by atoms with van der Waals surface area (Å²) >= 11 is 12.7. The van der Waals surface area contributed by atoms with Crippen LogP contribution >= 0.6 is 22.2 Å². The normalized spacial score (nSPS) is 11.8. The van der Waals surface area contributed by atoms with E-state index < -0.39 is 32.6 Å². The Kier molecular flexibility index (Phi) is 15.3. The van der Waals surface area contributed by atoms with Crippen molar-refractivity contribution in [3.8, 4) is 22.8 Å². The zero-order valence-electron chi connectivity index (χ0n) is 26.2. The topological polar surface area (TPSA) is 92.0 Å². The van der Waals surface area contributed by atoms with Crippen LogP contribution in [0.4, 0.5) is 0 Å². The van der Waals surface area contributed by atoms with Gasteiger partial charge in [0.15, 0.2) is 14.8 Å². The van der Waals surface area contributed by atoms with Crippen LogP contribution in [0.3, 0.4) is 0 Å². The monoisotopic (exact) mass is 744 g/mol. The molecule has 0 spiro atoms. The van der Waals surface area contributed by atoms with Gasteiger partial charge in [-0.15, -0.1) is 0 Å². The third-order valence-electron chi connectivity index (χ3n) is 7.63. The summed E-state index contributed by atoms with van der Waals surface area (Å²) in [5.74, 6) is 0. The van der Waals surface area contributed by atoms with Crippen molar-refractivity contribution in [3.63, 3.8) is 0 Å². The molecular formula is C32H44Cl2N4O2RuSi2. The molecular weight excluding hydrogens is 701 g/mol. The summed E-state index contributed by atoms with van der Waals surface area (Å²) in [6, 6.07) is 20.0. The van der Waals surface area contributed by atoms with Crippen LogP contribution < -0.4 is 10.4 Å². The first-order chi connectivity index (χ1) is 20.3. The second kappa shape index (κ2) is 17.6. The van der Waals surface area contributed by atoms with E-state index in [4.69, 9.17) is 30.0 Å². The van der Waals surface area contributed by atoms with E-state index in [2.05, 4.69) is 87.5 Å². The summed E-state index contributed by atoms with van der Waals surface area (Å²) in [4.78, 5) is 17.8. The Morgan fingerprint density at radius 3 is 1.02 bits per heavy atom. The first kappa shape index (κ1) is 37.3. The van der Waals surface area contributed by atoms with Gasteiger partial charge in [0.1, 0.15) is 0 Å². The zero-order chi connectivity index (χ0) is 32.2. The van der Waals surface area contributed by atoms with Crippen molar-refractivity contribution < 1.29 is 25.7 Å². The number of pyridine rings is 4. The van der Waals surface area contributed by atoms with Crippen LogP contribution in [-0.4, -0.2) is 42.6 Å². The molecule has 0 unspecified atom stereocenters. The van der Waals surface area contributed by atoms with E-state index in [-0.39, 0.29) is 0 Å². The molecule has 0 fully saturated rings. The van der Waals surface area contributed by atoms with Gasteiger partial charge >= 0.3 is 25.7 Å². The molecule has 0 aliphatic carbocycles. The fraction of sp³-hybridized carbons (Fsp3) is 0.375. The summed E-state index contributed by atoms with van der Waals surface area (Å²) in [6.45, 7) is 17.7. The van der Waals surface area contributed by atoms with Crippen LogP contribution in [0.1, 0.15) is 55.4 Å². The van der Waals surface area contributed by atoms with E-state index in [9.17, 15) is 0 Å². The van der Waals surface area contributed by atoms with Gasteiger partial charge in [-0.05, 0) is 68.9 Å². The fourth-order valence-corrected chi connectivity index (χ4v) is 12.4. The second-order valence-electron chi connectivity index (χ2n) is 11.5. The molecule has 0 atom stereocenters. The Morgan fingerprint density at radius 1 is 0.512 bits per heavy atom. The zero-order valence-corrected chi connectivity index (χ0v) is 31.4. The molecule has 234 valence electrons. The van der Waals surface area contributed by atoms with E-state index in [1.54, 1.807) is 12.4 Å². The van der Waals surface area contributed by atoms with Crippen molar-refractivity contribution in [3.05, 3.63) is 85.5 Å². The third kappa shape index (κ3) is 9.57. The molecule has 4 rings (SSSR count). The van der Waals surface area contributed by atoms with Crippen molar-refractivity contribution in [1.82, 2.24) is 19.9 Å². The van der Waals surface area contributed by atoms with E-state index in [0.717, 1.165) is 22.8 Å². The molecule has 0 saturated carbocycles. The Morgan fingerprint density at radius 2 is 0.814 bits per heavy atom. The van der Waals surface area contributed by atoms with Crippen LogP contribution in [0, 0.1) is 0 Å². The van der Waals surface area contributed by atoms with Crippen molar-refractivity contribution in [2.24, 2.45) is 0 Å². The minimum absolute atomic E-state index is 0.478. The van der Waals surface area contributed by atoms with Gasteiger partial charge in [-0.1, -0.05) is 79.7 Å². The Labute approximate surface area is 277 Å². The van der Waals surface area contributed by atoms with Gasteiger partial charge in [0.2, 0.25) is 0 Å². The quantitative estimate of drug-likeness (QED) is 0.143. The molecule has 0 saturated heterocycles. The predicted molar refractivity (Wildman–Crippen MR) is 182 cm³/mol. The molecule has 4 aromatic heterocycles. The first-order valence-electron chi connectivity index (χ1n) is 14.4. The fourth-order valence-electron chi connectivity index (χ4n) is 5.24. The van der Waals surface area contributed by atoms with Gasteiger partial charge in [0.05, 0.1) is 22.8 Å². The molecule has 0 amide bonds. The maximum atomic E-state index is 7.22.